The van der Waals surface area contributed by atoms with Crippen LogP contribution in [0, 0.1) is 11.8 Å². The number of nitrogens with one attached hydrogen (secondary N) is 3. The lowest BCUT2D eigenvalue weighted by molar-refractivity contribution is -0.130. The third-order valence-electron chi connectivity index (χ3n) is 7.63. The minimum Gasteiger partial charge on any atom is -0.361 e. The van der Waals surface area contributed by atoms with Gasteiger partial charge in [0.1, 0.15) is 0 Å². The first-order chi connectivity index (χ1) is 16.6. The van der Waals surface area contributed by atoms with E-state index >= 15 is 0 Å². The largest absolute Gasteiger partial charge is 0.361 e. The van der Waals surface area contributed by atoms with E-state index in [1.807, 2.05) is 12.1 Å². The van der Waals surface area contributed by atoms with Gasteiger partial charge in [-0.05, 0) is 73.4 Å². The molecule has 2 fully saturated rings. The molecule has 0 spiro atoms. The van der Waals surface area contributed by atoms with Crippen molar-refractivity contribution in [2.24, 2.45) is 11.8 Å². The standard InChI is InChI=1S/C28H32N4O2/c33-27(30-23-10-11-23)20-12-21(28(34)31-24-9-8-18-4-3-5-19(18)13-24)16-32(15-20)17-22-14-29-26-7-2-1-6-25(22)26/h1-2,6-9,13-14,20-21,23,29H,3-5,10-12,15-17H2,(H,30,33)(H,31,34)/t20-,21+/m0/s1. The van der Waals surface area contributed by atoms with Crippen molar-refractivity contribution in [3.8, 4) is 0 Å². The number of para-hydroxylation sites is 1. The van der Waals surface area contributed by atoms with Crippen molar-refractivity contribution in [1.82, 2.24) is 15.2 Å². The molecule has 2 aliphatic carbocycles. The number of H-pyrrole nitrogens is 1. The van der Waals surface area contributed by atoms with Crippen molar-refractivity contribution >= 4 is 28.4 Å². The number of anilines is 1. The van der Waals surface area contributed by atoms with Gasteiger partial charge in [-0.25, -0.2) is 0 Å². The number of piperidine rings is 1. The highest BCUT2D eigenvalue weighted by molar-refractivity contribution is 5.93. The molecular weight excluding hydrogens is 424 g/mol. The maximum atomic E-state index is 13.4. The highest BCUT2D eigenvalue weighted by Gasteiger charge is 2.37. The number of aromatic nitrogens is 1. The van der Waals surface area contributed by atoms with Gasteiger partial charge in [0.2, 0.25) is 11.8 Å². The minimum atomic E-state index is -0.220. The Morgan fingerprint density at radius 1 is 0.971 bits per heavy atom. The van der Waals surface area contributed by atoms with Crippen molar-refractivity contribution in [1.29, 1.82) is 0 Å². The van der Waals surface area contributed by atoms with E-state index in [0.29, 0.717) is 25.6 Å². The molecule has 1 aromatic heterocycles. The third kappa shape index (κ3) is 4.47. The summed E-state index contributed by atoms with van der Waals surface area (Å²) in [6.45, 7) is 2.06. The topological polar surface area (TPSA) is 77.2 Å². The van der Waals surface area contributed by atoms with Crippen LogP contribution in [-0.4, -0.2) is 40.8 Å². The second-order valence-electron chi connectivity index (χ2n) is 10.3. The number of aromatic amines is 1. The summed E-state index contributed by atoms with van der Waals surface area (Å²) in [7, 11) is 0. The summed E-state index contributed by atoms with van der Waals surface area (Å²) in [6.07, 6.45) is 8.20. The molecule has 6 nitrogen and oxygen atoms in total. The van der Waals surface area contributed by atoms with Crippen LogP contribution in [0.1, 0.15) is 42.4 Å². The van der Waals surface area contributed by atoms with Crippen LogP contribution in [0.4, 0.5) is 5.69 Å². The number of benzene rings is 2. The summed E-state index contributed by atoms with van der Waals surface area (Å²) in [5.41, 5.74) is 5.94. The molecule has 2 aromatic carbocycles. The van der Waals surface area contributed by atoms with E-state index in [2.05, 4.69) is 57.0 Å². The van der Waals surface area contributed by atoms with Crippen LogP contribution >= 0.6 is 0 Å². The highest BCUT2D eigenvalue weighted by atomic mass is 16.2. The zero-order valence-corrected chi connectivity index (χ0v) is 19.5. The highest BCUT2D eigenvalue weighted by Crippen LogP contribution is 2.30. The lowest BCUT2D eigenvalue weighted by Crippen LogP contribution is -2.49. The molecule has 1 saturated carbocycles. The minimum absolute atomic E-state index is 0.0193. The predicted molar refractivity (Wildman–Crippen MR) is 133 cm³/mol. The number of rotatable bonds is 6. The van der Waals surface area contributed by atoms with E-state index in [9.17, 15) is 9.59 Å². The van der Waals surface area contributed by atoms with Gasteiger partial charge < -0.3 is 15.6 Å². The Hall–Kier alpha value is -3.12. The summed E-state index contributed by atoms with van der Waals surface area (Å²) in [6, 6.07) is 14.9. The van der Waals surface area contributed by atoms with E-state index in [-0.39, 0.29) is 23.7 Å². The number of amides is 2. The van der Waals surface area contributed by atoms with Crippen molar-refractivity contribution in [3.63, 3.8) is 0 Å². The van der Waals surface area contributed by atoms with Crippen LogP contribution in [0.2, 0.25) is 0 Å². The van der Waals surface area contributed by atoms with Gasteiger partial charge in [0.05, 0.1) is 11.8 Å². The molecular formula is C28H32N4O2. The van der Waals surface area contributed by atoms with Gasteiger partial charge in [0.25, 0.3) is 0 Å². The summed E-state index contributed by atoms with van der Waals surface area (Å²) in [5, 5.41) is 7.53. The summed E-state index contributed by atoms with van der Waals surface area (Å²) >= 11 is 0. The molecule has 3 aromatic rings. The Balaban J connectivity index is 1.19. The SMILES string of the molecule is O=C(Nc1ccc2c(c1)CCC2)[C@@H]1C[C@H](C(=O)NC2CC2)CN(Cc2c[nH]c3ccccc23)C1. The van der Waals surface area contributed by atoms with Gasteiger partial charge in [-0.1, -0.05) is 24.3 Å². The molecule has 2 amide bonds. The number of aryl methyl sites for hydroxylation is 2. The molecule has 1 saturated heterocycles. The van der Waals surface area contributed by atoms with E-state index in [0.717, 1.165) is 43.4 Å². The van der Waals surface area contributed by atoms with Crippen molar-refractivity contribution < 1.29 is 9.59 Å². The molecule has 3 N–H and O–H groups in total. The molecule has 0 bridgehead atoms. The summed E-state index contributed by atoms with van der Waals surface area (Å²) in [5.74, 6) is -0.273. The van der Waals surface area contributed by atoms with Crippen LogP contribution in [0.15, 0.2) is 48.7 Å². The zero-order chi connectivity index (χ0) is 23.1. The molecule has 3 aliphatic rings. The Kier molecular flexibility index (Phi) is 5.61. The van der Waals surface area contributed by atoms with E-state index in [1.165, 1.54) is 28.5 Å². The van der Waals surface area contributed by atoms with Gasteiger partial charge in [0.15, 0.2) is 0 Å². The summed E-state index contributed by atoms with van der Waals surface area (Å²) in [4.78, 5) is 32.0. The van der Waals surface area contributed by atoms with E-state index in [1.54, 1.807) is 0 Å². The van der Waals surface area contributed by atoms with Gasteiger partial charge in [-0.15, -0.1) is 0 Å². The molecule has 6 rings (SSSR count). The Morgan fingerprint density at radius 3 is 2.62 bits per heavy atom. The Bertz CT molecular complexity index is 1230. The lowest BCUT2D eigenvalue weighted by atomic mass is 9.87. The van der Waals surface area contributed by atoms with Gasteiger partial charge >= 0.3 is 0 Å². The van der Waals surface area contributed by atoms with Crippen molar-refractivity contribution in [3.05, 3.63) is 65.4 Å². The number of nitrogens with zero attached hydrogens (tertiary/aromatic N) is 1. The molecule has 2 atom stereocenters. The monoisotopic (exact) mass is 456 g/mol. The van der Waals surface area contributed by atoms with E-state index < -0.39 is 0 Å². The molecule has 0 radical (unpaired) electrons. The third-order valence-corrected chi connectivity index (χ3v) is 7.63. The number of fused-ring (bicyclic) bond motifs is 2. The smallest absolute Gasteiger partial charge is 0.228 e. The first kappa shape index (κ1) is 21.4. The zero-order valence-electron chi connectivity index (χ0n) is 19.5. The molecule has 6 heteroatoms. The Morgan fingerprint density at radius 2 is 1.76 bits per heavy atom. The normalized spacial score (nSPS) is 22.5. The molecule has 2 heterocycles. The molecule has 34 heavy (non-hydrogen) atoms. The number of likely N-dealkylation sites (tertiary alicyclic amines) is 1. The number of hydrogen-bond acceptors (Lipinski definition) is 3. The predicted octanol–water partition coefficient (Wildman–Crippen LogP) is 4.01. The van der Waals surface area contributed by atoms with Crippen LogP contribution in [-0.2, 0) is 29.0 Å². The maximum absolute atomic E-state index is 13.4. The van der Waals surface area contributed by atoms with Crippen LogP contribution in [0.5, 0.6) is 0 Å². The lowest BCUT2D eigenvalue weighted by Gasteiger charge is -2.36. The fourth-order valence-electron chi connectivity index (χ4n) is 5.64. The average molecular weight is 457 g/mol. The van der Waals surface area contributed by atoms with E-state index in [4.69, 9.17) is 0 Å². The maximum Gasteiger partial charge on any atom is 0.228 e. The van der Waals surface area contributed by atoms with Gasteiger partial charge in [-0.2, -0.15) is 0 Å². The second kappa shape index (κ2) is 8.91. The number of carbonyl (C=O) groups is 2. The van der Waals surface area contributed by atoms with Crippen molar-refractivity contribution in [2.75, 3.05) is 18.4 Å². The van der Waals surface area contributed by atoms with Crippen LogP contribution in [0.25, 0.3) is 10.9 Å². The fourth-order valence-corrected chi connectivity index (χ4v) is 5.64. The van der Waals surface area contributed by atoms with Gasteiger partial charge in [-0.3, -0.25) is 14.5 Å². The fraction of sp³-hybridized carbons (Fsp3) is 0.429. The van der Waals surface area contributed by atoms with Crippen LogP contribution in [0.3, 0.4) is 0 Å². The molecule has 1 aliphatic heterocycles. The van der Waals surface area contributed by atoms with Gasteiger partial charge in [0, 0.05) is 48.5 Å². The average Bonchev–Trinajstić information content (AvgIpc) is 3.38. The number of hydrogen-bond donors (Lipinski definition) is 3. The Labute approximate surface area is 200 Å². The van der Waals surface area contributed by atoms with Crippen LogP contribution < -0.4 is 10.6 Å². The second-order valence-corrected chi connectivity index (χ2v) is 10.3. The first-order valence-corrected chi connectivity index (χ1v) is 12.6. The van der Waals surface area contributed by atoms with Crippen molar-refractivity contribution in [2.45, 2.75) is 51.1 Å². The summed E-state index contributed by atoms with van der Waals surface area (Å²) < 4.78 is 0. The number of carbonyl (C=O) groups excluding carboxylic acids is 2. The molecule has 176 valence electrons. The molecule has 0 unspecified atom stereocenters. The first-order valence-electron chi connectivity index (χ1n) is 12.6. The quantitative estimate of drug-likeness (QED) is 0.525.